The Hall–Kier alpha value is -1.07. The number of carbonyl (C=O) groups excluding carboxylic acids is 1. The van der Waals surface area contributed by atoms with Crippen LogP contribution in [-0.4, -0.2) is 30.8 Å². The van der Waals surface area contributed by atoms with Gasteiger partial charge in [-0.3, -0.25) is 0 Å². The predicted molar refractivity (Wildman–Crippen MR) is 86.4 cm³/mol. The summed E-state index contributed by atoms with van der Waals surface area (Å²) in [4.78, 5) is 12.4. The van der Waals surface area contributed by atoms with Crippen molar-refractivity contribution in [2.24, 2.45) is 0 Å². The fourth-order valence-corrected chi connectivity index (χ4v) is 3.08. The molecule has 1 aromatic carbocycles. The van der Waals surface area contributed by atoms with E-state index in [-0.39, 0.29) is 11.6 Å². The molecule has 0 aromatic heterocycles. The van der Waals surface area contributed by atoms with Gasteiger partial charge >= 0.3 is 5.97 Å². The monoisotopic (exact) mass is 355 g/mol. The molecule has 2 rings (SSSR count). The Balaban J connectivity index is 2.29. The molecule has 2 atom stereocenters. The zero-order valence-corrected chi connectivity index (χ0v) is 14.3. The maximum Gasteiger partial charge on any atom is 0.331 e. The number of esters is 1. The summed E-state index contributed by atoms with van der Waals surface area (Å²) in [5, 5.41) is 3.39. The second-order valence-electron chi connectivity index (χ2n) is 5.78. The molecule has 2 unspecified atom stereocenters. The molecule has 1 N–H and O–H groups in total. The van der Waals surface area contributed by atoms with Gasteiger partial charge in [-0.05, 0) is 37.6 Å². The van der Waals surface area contributed by atoms with E-state index in [0.29, 0.717) is 19.4 Å². The molecule has 0 spiro atoms. The molecule has 0 bridgehead atoms. The molecular formula is C16H22BrNO3. The minimum absolute atomic E-state index is 0.228. The Kier molecular flexibility index (Phi) is 4.94. The van der Waals surface area contributed by atoms with E-state index in [2.05, 4.69) is 28.2 Å². The molecule has 4 nitrogen and oxygen atoms in total. The first-order valence-corrected chi connectivity index (χ1v) is 7.98. The summed E-state index contributed by atoms with van der Waals surface area (Å²) in [5.74, 6) is -0.228. The van der Waals surface area contributed by atoms with Gasteiger partial charge in [0.2, 0.25) is 0 Å². The van der Waals surface area contributed by atoms with Crippen LogP contribution in [0.3, 0.4) is 0 Å². The molecule has 0 aliphatic carbocycles. The highest BCUT2D eigenvalue weighted by molar-refractivity contribution is 9.10. The number of benzene rings is 1. The summed E-state index contributed by atoms with van der Waals surface area (Å²) in [6.45, 7) is 4.67. The third kappa shape index (κ3) is 3.58. The minimum atomic E-state index is -0.731. The molecule has 1 aliphatic heterocycles. The summed E-state index contributed by atoms with van der Waals surface area (Å²) in [7, 11) is 1.44. The van der Waals surface area contributed by atoms with E-state index >= 15 is 0 Å². The first-order chi connectivity index (χ1) is 9.93. The van der Waals surface area contributed by atoms with Gasteiger partial charge in [0.1, 0.15) is 5.54 Å². The zero-order chi connectivity index (χ0) is 15.5. The van der Waals surface area contributed by atoms with Gasteiger partial charge in [-0.15, -0.1) is 0 Å². The van der Waals surface area contributed by atoms with E-state index in [0.717, 1.165) is 16.6 Å². The average Bonchev–Trinajstić information content (AvgIpc) is 2.49. The lowest BCUT2D eigenvalue weighted by Gasteiger charge is -2.45. The van der Waals surface area contributed by atoms with Crippen LogP contribution in [-0.2, 0) is 14.3 Å². The number of anilines is 1. The highest BCUT2D eigenvalue weighted by atomic mass is 79.9. The van der Waals surface area contributed by atoms with E-state index in [9.17, 15) is 4.79 Å². The Morgan fingerprint density at radius 2 is 2.10 bits per heavy atom. The standard InChI is InChI=1S/C16H22BrNO3/c1-4-15(2)11-16(9-10-21-15,14(19)20-3)18-13-7-5-12(17)6-8-13/h5-8,18H,4,9-11H2,1-3H3. The molecule has 1 aliphatic rings. The van der Waals surface area contributed by atoms with E-state index in [1.807, 2.05) is 31.2 Å². The van der Waals surface area contributed by atoms with Crippen LogP contribution < -0.4 is 5.32 Å². The van der Waals surface area contributed by atoms with Gasteiger partial charge in [0, 0.05) is 23.0 Å². The number of nitrogens with one attached hydrogen (secondary N) is 1. The van der Waals surface area contributed by atoms with Crippen molar-refractivity contribution >= 4 is 27.6 Å². The predicted octanol–water partition coefficient (Wildman–Crippen LogP) is 3.75. The largest absolute Gasteiger partial charge is 0.467 e. The topological polar surface area (TPSA) is 47.6 Å². The molecular weight excluding hydrogens is 334 g/mol. The molecule has 0 saturated carbocycles. The number of rotatable bonds is 4. The summed E-state index contributed by atoms with van der Waals surface area (Å²) in [5.41, 5.74) is -0.135. The van der Waals surface area contributed by atoms with E-state index in [1.54, 1.807) is 0 Å². The highest BCUT2D eigenvalue weighted by Crippen LogP contribution is 2.37. The lowest BCUT2D eigenvalue weighted by molar-refractivity contribution is -0.158. The van der Waals surface area contributed by atoms with Crippen molar-refractivity contribution in [2.45, 2.75) is 44.2 Å². The SMILES string of the molecule is CCC1(C)CC(Nc2ccc(Br)cc2)(C(=O)OC)CCO1. The van der Waals surface area contributed by atoms with Crippen molar-refractivity contribution < 1.29 is 14.3 Å². The van der Waals surface area contributed by atoms with Gasteiger partial charge < -0.3 is 14.8 Å². The molecule has 1 saturated heterocycles. The Morgan fingerprint density at radius 3 is 2.67 bits per heavy atom. The van der Waals surface area contributed by atoms with Crippen LogP contribution in [0, 0.1) is 0 Å². The minimum Gasteiger partial charge on any atom is -0.467 e. The van der Waals surface area contributed by atoms with E-state index in [1.165, 1.54) is 7.11 Å². The fourth-order valence-electron chi connectivity index (χ4n) is 2.81. The van der Waals surface area contributed by atoms with Crippen molar-refractivity contribution in [1.82, 2.24) is 0 Å². The Labute approximate surface area is 134 Å². The maximum atomic E-state index is 12.4. The van der Waals surface area contributed by atoms with Gasteiger partial charge in [0.15, 0.2) is 0 Å². The third-order valence-electron chi connectivity index (χ3n) is 4.21. The Bertz CT molecular complexity index is 505. The number of methoxy groups -OCH3 is 1. The van der Waals surface area contributed by atoms with E-state index < -0.39 is 5.54 Å². The van der Waals surface area contributed by atoms with Gasteiger partial charge in [-0.1, -0.05) is 22.9 Å². The van der Waals surface area contributed by atoms with Crippen LogP contribution in [0.1, 0.15) is 33.1 Å². The molecule has 21 heavy (non-hydrogen) atoms. The van der Waals surface area contributed by atoms with Crippen molar-refractivity contribution in [2.75, 3.05) is 19.0 Å². The third-order valence-corrected chi connectivity index (χ3v) is 4.74. The number of hydrogen-bond acceptors (Lipinski definition) is 4. The fraction of sp³-hybridized carbons (Fsp3) is 0.562. The molecule has 116 valence electrons. The van der Waals surface area contributed by atoms with Crippen LogP contribution in [0.4, 0.5) is 5.69 Å². The Morgan fingerprint density at radius 1 is 1.43 bits per heavy atom. The van der Waals surface area contributed by atoms with Gasteiger partial charge in [-0.25, -0.2) is 4.79 Å². The summed E-state index contributed by atoms with van der Waals surface area (Å²) in [6.07, 6.45) is 2.05. The van der Waals surface area contributed by atoms with Crippen LogP contribution in [0.5, 0.6) is 0 Å². The van der Waals surface area contributed by atoms with Crippen LogP contribution in [0.25, 0.3) is 0 Å². The molecule has 1 fully saturated rings. The van der Waals surface area contributed by atoms with Gasteiger partial charge in [-0.2, -0.15) is 0 Å². The summed E-state index contributed by atoms with van der Waals surface area (Å²) in [6, 6.07) is 7.80. The maximum absolute atomic E-state index is 12.4. The summed E-state index contributed by atoms with van der Waals surface area (Å²) < 4.78 is 11.9. The van der Waals surface area contributed by atoms with Crippen LogP contribution >= 0.6 is 15.9 Å². The molecule has 5 heteroatoms. The number of carbonyl (C=O) groups is 1. The lowest BCUT2D eigenvalue weighted by Crippen LogP contribution is -2.57. The van der Waals surface area contributed by atoms with Crippen LogP contribution in [0.15, 0.2) is 28.7 Å². The quantitative estimate of drug-likeness (QED) is 0.835. The van der Waals surface area contributed by atoms with Crippen molar-refractivity contribution in [3.8, 4) is 0 Å². The zero-order valence-electron chi connectivity index (χ0n) is 12.7. The van der Waals surface area contributed by atoms with Gasteiger partial charge in [0.25, 0.3) is 0 Å². The highest BCUT2D eigenvalue weighted by Gasteiger charge is 2.48. The molecule has 1 heterocycles. The number of hydrogen-bond donors (Lipinski definition) is 1. The molecule has 0 amide bonds. The number of halogens is 1. The smallest absolute Gasteiger partial charge is 0.331 e. The van der Waals surface area contributed by atoms with Gasteiger partial charge in [0.05, 0.1) is 19.3 Å². The average molecular weight is 356 g/mol. The molecule has 0 radical (unpaired) electrons. The normalized spacial score (nSPS) is 29.0. The second kappa shape index (κ2) is 6.36. The van der Waals surface area contributed by atoms with Crippen LogP contribution in [0.2, 0.25) is 0 Å². The molecule has 1 aromatic rings. The second-order valence-corrected chi connectivity index (χ2v) is 6.70. The van der Waals surface area contributed by atoms with E-state index in [4.69, 9.17) is 9.47 Å². The lowest BCUT2D eigenvalue weighted by atomic mass is 9.79. The van der Waals surface area contributed by atoms with Crippen molar-refractivity contribution in [3.63, 3.8) is 0 Å². The summed E-state index contributed by atoms with van der Waals surface area (Å²) >= 11 is 3.42. The van der Waals surface area contributed by atoms with Crippen molar-refractivity contribution in [3.05, 3.63) is 28.7 Å². The first kappa shape index (κ1) is 16.3. The van der Waals surface area contributed by atoms with Crippen molar-refractivity contribution in [1.29, 1.82) is 0 Å². The number of ether oxygens (including phenoxy) is 2. The first-order valence-electron chi connectivity index (χ1n) is 7.19.